The third-order valence-electron chi connectivity index (χ3n) is 3.74. The molecule has 0 radical (unpaired) electrons. The minimum absolute atomic E-state index is 0.407. The van der Waals surface area contributed by atoms with E-state index in [9.17, 15) is 0 Å². The van der Waals surface area contributed by atoms with Gasteiger partial charge in [-0.25, -0.2) is 4.98 Å². The van der Waals surface area contributed by atoms with Gasteiger partial charge in [0.15, 0.2) is 0 Å². The molecule has 3 rings (SSSR count). The molecule has 0 atom stereocenters. The van der Waals surface area contributed by atoms with Crippen LogP contribution in [0, 0.1) is 6.92 Å². The molecule has 1 aromatic heterocycles. The lowest BCUT2D eigenvalue weighted by molar-refractivity contribution is 0.812. The maximum atomic E-state index is 5.77. The van der Waals surface area contributed by atoms with Crippen molar-refractivity contribution < 1.29 is 0 Å². The Hall–Kier alpha value is -2.14. The van der Waals surface area contributed by atoms with Gasteiger partial charge in [-0.2, -0.15) is 0 Å². The largest absolute Gasteiger partial charge is 0.389 e. The molecule has 21 heavy (non-hydrogen) atoms. The summed E-state index contributed by atoms with van der Waals surface area (Å²) in [5.74, 6) is 0.901. The topological polar surface area (TPSA) is 45.4 Å². The summed E-state index contributed by atoms with van der Waals surface area (Å²) in [5, 5.41) is 0. The fourth-order valence-electron chi connectivity index (χ4n) is 2.68. The summed E-state index contributed by atoms with van der Waals surface area (Å²) >= 11 is 5.10. The number of aryl methyl sites for hydroxylation is 1. The number of para-hydroxylation sites is 2. The predicted octanol–water partition coefficient (Wildman–Crippen LogP) is 2.61. The summed E-state index contributed by atoms with van der Waals surface area (Å²) in [6, 6.07) is 12.3. The van der Waals surface area contributed by atoms with E-state index in [-0.39, 0.29) is 0 Å². The van der Waals surface area contributed by atoms with Crippen LogP contribution in [-0.2, 0) is 0 Å². The molecule has 2 heterocycles. The van der Waals surface area contributed by atoms with E-state index >= 15 is 0 Å². The van der Waals surface area contributed by atoms with Gasteiger partial charge < -0.3 is 15.5 Å². The van der Waals surface area contributed by atoms with Gasteiger partial charge in [-0.05, 0) is 31.2 Å². The van der Waals surface area contributed by atoms with Gasteiger partial charge >= 0.3 is 0 Å². The van der Waals surface area contributed by atoms with Crippen LogP contribution in [0.5, 0.6) is 0 Å². The average Bonchev–Trinajstić information content (AvgIpc) is 2.47. The fourth-order valence-corrected chi connectivity index (χ4v) is 2.79. The second kappa shape index (κ2) is 5.33. The molecule has 5 heteroatoms. The van der Waals surface area contributed by atoms with Crippen LogP contribution in [0.4, 0.5) is 17.2 Å². The van der Waals surface area contributed by atoms with Gasteiger partial charge in [0, 0.05) is 31.4 Å². The molecule has 108 valence electrons. The van der Waals surface area contributed by atoms with Crippen molar-refractivity contribution in [3.8, 4) is 0 Å². The number of aromatic nitrogens is 1. The molecule has 2 aromatic rings. The van der Waals surface area contributed by atoms with E-state index in [0.29, 0.717) is 4.99 Å². The second-order valence-electron chi connectivity index (χ2n) is 5.28. The van der Waals surface area contributed by atoms with Gasteiger partial charge in [-0.3, -0.25) is 0 Å². The predicted molar refractivity (Wildman–Crippen MR) is 91.6 cm³/mol. The third kappa shape index (κ3) is 2.56. The maximum Gasteiger partial charge on any atom is 0.134 e. The van der Waals surface area contributed by atoms with E-state index < -0.39 is 0 Å². The van der Waals surface area contributed by atoms with Gasteiger partial charge in [0.25, 0.3) is 0 Å². The van der Waals surface area contributed by atoms with Crippen molar-refractivity contribution in [2.24, 2.45) is 5.73 Å². The van der Waals surface area contributed by atoms with Gasteiger partial charge in [0.05, 0.1) is 11.4 Å². The van der Waals surface area contributed by atoms with Crippen molar-refractivity contribution in [2.45, 2.75) is 6.92 Å². The highest BCUT2D eigenvalue weighted by Crippen LogP contribution is 2.36. The number of likely N-dealkylation sites (N-methyl/N-ethyl adjacent to an activating group) is 1. The molecule has 2 N–H and O–H groups in total. The lowest BCUT2D eigenvalue weighted by atomic mass is 10.1. The first-order chi connectivity index (χ1) is 10.1. The lowest BCUT2D eigenvalue weighted by Crippen LogP contribution is -2.37. The highest BCUT2D eigenvalue weighted by Gasteiger charge is 2.22. The van der Waals surface area contributed by atoms with Crippen LogP contribution in [-0.4, -0.2) is 30.1 Å². The lowest BCUT2D eigenvalue weighted by Gasteiger charge is -2.36. The van der Waals surface area contributed by atoms with Crippen molar-refractivity contribution in [3.05, 3.63) is 47.7 Å². The minimum Gasteiger partial charge on any atom is -0.389 e. The number of rotatable bonds is 2. The highest BCUT2D eigenvalue weighted by atomic mass is 32.1. The summed E-state index contributed by atoms with van der Waals surface area (Å²) in [5.41, 5.74) is 9.94. The standard InChI is InChI=1S/C16H18N4S/c1-11-9-12(16(17)21)10-15(18-11)20-8-7-19(2)13-5-3-4-6-14(13)20/h3-6,9-10H,7-8H2,1-2H3,(H2,17,21). The molecule has 0 bridgehead atoms. The maximum absolute atomic E-state index is 5.77. The first-order valence-corrected chi connectivity index (χ1v) is 7.33. The quantitative estimate of drug-likeness (QED) is 0.864. The number of fused-ring (bicyclic) bond motifs is 1. The Balaban J connectivity index is 2.10. The zero-order chi connectivity index (χ0) is 15.0. The van der Waals surface area contributed by atoms with Crippen LogP contribution in [0.3, 0.4) is 0 Å². The number of anilines is 3. The monoisotopic (exact) mass is 298 g/mol. The molecule has 0 fully saturated rings. The Morgan fingerprint density at radius 3 is 2.62 bits per heavy atom. The molecule has 1 aromatic carbocycles. The summed E-state index contributed by atoms with van der Waals surface area (Å²) in [6.07, 6.45) is 0. The molecule has 0 spiro atoms. The minimum atomic E-state index is 0.407. The summed E-state index contributed by atoms with van der Waals surface area (Å²) in [4.78, 5) is 9.55. The molecular formula is C16H18N4S. The Morgan fingerprint density at radius 1 is 1.19 bits per heavy atom. The number of thiocarbonyl (C=S) groups is 1. The molecule has 4 nitrogen and oxygen atoms in total. The average molecular weight is 298 g/mol. The van der Waals surface area contributed by atoms with Crippen LogP contribution in [0.2, 0.25) is 0 Å². The summed E-state index contributed by atoms with van der Waals surface area (Å²) in [7, 11) is 2.11. The van der Waals surface area contributed by atoms with Crippen LogP contribution in [0.25, 0.3) is 0 Å². The van der Waals surface area contributed by atoms with Crippen LogP contribution in [0.1, 0.15) is 11.3 Å². The molecule has 1 aliphatic rings. The zero-order valence-electron chi connectivity index (χ0n) is 12.2. The van der Waals surface area contributed by atoms with Crippen molar-refractivity contribution in [2.75, 3.05) is 29.9 Å². The molecule has 0 amide bonds. The van der Waals surface area contributed by atoms with Gasteiger partial charge in [-0.1, -0.05) is 24.4 Å². The number of benzene rings is 1. The number of pyridine rings is 1. The molecule has 0 saturated carbocycles. The van der Waals surface area contributed by atoms with Crippen molar-refractivity contribution >= 4 is 34.4 Å². The molecule has 1 aliphatic heterocycles. The fraction of sp³-hybridized carbons (Fsp3) is 0.250. The number of nitrogens with two attached hydrogens (primary N) is 1. The Labute approximate surface area is 130 Å². The third-order valence-corrected chi connectivity index (χ3v) is 3.98. The normalized spacial score (nSPS) is 14.0. The second-order valence-corrected chi connectivity index (χ2v) is 5.72. The number of nitrogens with zero attached hydrogens (tertiary/aromatic N) is 3. The summed E-state index contributed by atoms with van der Waals surface area (Å²) in [6.45, 7) is 3.81. The molecule has 0 unspecified atom stereocenters. The Bertz CT molecular complexity index is 698. The van der Waals surface area contributed by atoms with Crippen molar-refractivity contribution in [1.29, 1.82) is 0 Å². The SMILES string of the molecule is Cc1cc(C(N)=S)cc(N2CCN(C)c3ccccc32)n1. The van der Waals surface area contributed by atoms with E-state index in [1.54, 1.807) is 0 Å². The van der Waals surface area contributed by atoms with E-state index in [1.807, 2.05) is 19.1 Å². The zero-order valence-corrected chi connectivity index (χ0v) is 13.0. The van der Waals surface area contributed by atoms with Gasteiger partial charge in [-0.15, -0.1) is 0 Å². The van der Waals surface area contributed by atoms with E-state index in [0.717, 1.165) is 30.2 Å². The summed E-state index contributed by atoms with van der Waals surface area (Å²) < 4.78 is 0. The van der Waals surface area contributed by atoms with Gasteiger partial charge in [0.1, 0.15) is 10.8 Å². The Morgan fingerprint density at radius 2 is 1.90 bits per heavy atom. The van der Waals surface area contributed by atoms with E-state index in [2.05, 4.69) is 46.1 Å². The highest BCUT2D eigenvalue weighted by molar-refractivity contribution is 7.80. The number of hydrogen-bond acceptors (Lipinski definition) is 4. The molecule has 0 saturated heterocycles. The smallest absolute Gasteiger partial charge is 0.134 e. The number of hydrogen-bond donors (Lipinski definition) is 1. The van der Waals surface area contributed by atoms with Crippen LogP contribution >= 0.6 is 12.2 Å². The van der Waals surface area contributed by atoms with E-state index in [1.165, 1.54) is 11.4 Å². The van der Waals surface area contributed by atoms with Gasteiger partial charge in [0.2, 0.25) is 0 Å². The Kier molecular flexibility index (Phi) is 3.51. The first kappa shape index (κ1) is 13.8. The first-order valence-electron chi connectivity index (χ1n) is 6.92. The van der Waals surface area contributed by atoms with Crippen LogP contribution < -0.4 is 15.5 Å². The molecular weight excluding hydrogens is 280 g/mol. The van der Waals surface area contributed by atoms with Crippen molar-refractivity contribution in [1.82, 2.24) is 4.98 Å². The van der Waals surface area contributed by atoms with Crippen molar-refractivity contribution in [3.63, 3.8) is 0 Å². The van der Waals surface area contributed by atoms with E-state index in [4.69, 9.17) is 18.0 Å². The molecule has 0 aliphatic carbocycles. The van der Waals surface area contributed by atoms with Crippen LogP contribution in [0.15, 0.2) is 36.4 Å².